The first-order valence-electron chi connectivity index (χ1n) is 9.08. The highest BCUT2D eigenvalue weighted by Gasteiger charge is 2.15. The van der Waals surface area contributed by atoms with Crippen molar-refractivity contribution in [1.82, 2.24) is 10.0 Å². The summed E-state index contributed by atoms with van der Waals surface area (Å²) in [5, 5.41) is 2.77. The van der Waals surface area contributed by atoms with Crippen LogP contribution in [0.15, 0.2) is 40.8 Å². The average molecular weight is 381 g/mol. The first kappa shape index (κ1) is 20.6. The van der Waals surface area contributed by atoms with Crippen LogP contribution >= 0.6 is 0 Å². The van der Waals surface area contributed by atoms with E-state index < -0.39 is 10.0 Å². The van der Waals surface area contributed by atoms with Gasteiger partial charge in [-0.3, -0.25) is 4.79 Å². The molecule has 2 N–H and O–H groups in total. The van der Waals surface area contributed by atoms with E-state index in [-0.39, 0.29) is 10.8 Å². The van der Waals surface area contributed by atoms with Crippen LogP contribution in [0.3, 0.4) is 0 Å². The monoisotopic (exact) mass is 380 g/mol. The molecule has 0 aromatic heterocycles. The van der Waals surface area contributed by atoms with Gasteiger partial charge in [-0.1, -0.05) is 11.6 Å². The van der Waals surface area contributed by atoms with Gasteiger partial charge in [0.2, 0.25) is 10.0 Å². The molecule has 0 bridgehead atoms. The number of sulfonamides is 1. The molecular weight excluding hydrogens is 352 g/mol. The predicted octanol–water partition coefficient (Wildman–Crippen LogP) is 2.62. The number of carbonyl (C=O) groups is 1. The molecule has 26 heavy (non-hydrogen) atoms. The van der Waals surface area contributed by atoms with Crippen molar-refractivity contribution in [3.8, 4) is 0 Å². The lowest BCUT2D eigenvalue weighted by molar-refractivity contribution is 0.0948. The number of benzene rings is 1. The summed E-state index contributed by atoms with van der Waals surface area (Å²) in [6.45, 7) is 1.50. The summed E-state index contributed by atoms with van der Waals surface area (Å²) >= 11 is 0. The van der Waals surface area contributed by atoms with Crippen molar-refractivity contribution in [2.75, 3.05) is 26.8 Å². The van der Waals surface area contributed by atoms with Gasteiger partial charge < -0.3 is 10.1 Å². The Kier molecular flexibility index (Phi) is 8.28. The fraction of sp³-hybridized carbons (Fsp3) is 0.526. The molecule has 1 aromatic carbocycles. The molecule has 0 heterocycles. The number of allylic oxidation sites excluding steroid dienone is 1. The molecule has 1 aromatic rings. The molecule has 1 amide bonds. The smallest absolute Gasteiger partial charge is 0.251 e. The standard InChI is InChI=1S/C19H28N2O4S/c1-25-15-5-13-20-19(22)17-8-10-18(11-9-17)26(23,24)21-14-12-16-6-3-2-4-7-16/h6,8-11,21H,2-5,7,12-15H2,1H3,(H,20,22). The van der Waals surface area contributed by atoms with Gasteiger partial charge in [0.05, 0.1) is 4.90 Å². The van der Waals surface area contributed by atoms with Crippen molar-refractivity contribution >= 4 is 15.9 Å². The van der Waals surface area contributed by atoms with Crippen LogP contribution in [0.4, 0.5) is 0 Å². The molecule has 2 rings (SSSR count). The highest BCUT2D eigenvalue weighted by molar-refractivity contribution is 7.89. The van der Waals surface area contributed by atoms with Crippen molar-refractivity contribution in [2.24, 2.45) is 0 Å². The molecule has 0 atom stereocenters. The van der Waals surface area contributed by atoms with Gasteiger partial charge in [0.1, 0.15) is 0 Å². The van der Waals surface area contributed by atoms with E-state index in [0.717, 1.165) is 25.7 Å². The molecule has 0 unspecified atom stereocenters. The van der Waals surface area contributed by atoms with Crippen molar-refractivity contribution in [3.05, 3.63) is 41.5 Å². The number of amides is 1. The molecule has 1 aliphatic carbocycles. The molecule has 0 saturated carbocycles. The van der Waals surface area contributed by atoms with Crippen LogP contribution in [0.2, 0.25) is 0 Å². The Bertz CT molecular complexity index is 712. The van der Waals surface area contributed by atoms with Crippen LogP contribution < -0.4 is 10.0 Å². The van der Waals surface area contributed by atoms with Gasteiger partial charge in [-0.15, -0.1) is 0 Å². The summed E-state index contributed by atoms with van der Waals surface area (Å²) < 4.78 is 32.3. The molecule has 6 nitrogen and oxygen atoms in total. The molecule has 0 spiro atoms. The van der Waals surface area contributed by atoms with E-state index in [1.54, 1.807) is 7.11 Å². The lowest BCUT2D eigenvalue weighted by Gasteiger charge is -2.13. The number of methoxy groups -OCH3 is 1. The van der Waals surface area contributed by atoms with Gasteiger partial charge in [-0.25, -0.2) is 13.1 Å². The molecule has 0 fully saturated rings. The second-order valence-electron chi connectivity index (χ2n) is 6.38. The number of hydrogen-bond acceptors (Lipinski definition) is 4. The Balaban J connectivity index is 1.85. The minimum Gasteiger partial charge on any atom is -0.385 e. The minimum absolute atomic E-state index is 0.172. The molecule has 0 saturated heterocycles. The zero-order valence-corrected chi connectivity index (χ0v) is 16.1. The molecular formula is C19H28N2O4S. The Hall–Kier alpha value is -1.70. The lowest BCUT2D eigenvalue weighted by atomic mass is 9.97. The zero-order chi connectivity index (χ0) is 18.8. The molecule has 7 heteroatoms. The van der Waals surface area contributed by atoms with E-state index in [1.807, 2.05) is 0 Å². The van der Waals surface area contributed by atoms with Crippen molar-refractivity contribution in [2.45, 2.75) is 43.4 Å². The number of ether oxygens (including phenoxy) is 1. The number of hydrogen-bond donors (Lipinski definition) is 2. The molecule has 0 aliphatic heterocycles. The highest BCUT2D eigenvalue weighted by atomic mass is 32.2. The van der Waals surface area contributed by atoms with E-state index >= 15 is 0 Å². The molecule has 1 aliphatic rings. The van der Waals surface area contributed by atoms with Crippen molar-refractivity contribution in [1.29, 1.82) is 0 Å². The number of rotatable bonds is 10. The third kappa shape index (κ3) is 6.55. The number of carbonyl (C=O) groups excluding carboxylic acids is 1. The zero-order valence-electron chi connectivity index (χ0n) is 15.3. The van der Waals surface area contributed by atoms with Gasteiger partial charge >= 0.3 is 0 Å². The van der Waals surface area contributed by atoms with Gasteiger partial charge in [0.15, 0.2) is 0 Å². The van der Waals surface area contributed by atoms with E-state index in [4.69, 9.17) is 4.74 Å². The Morgan fingerprint density at radius 2 is 1.92 bits per heavy atom. The van der Waals surface area contributed by atoms with E-state index in [9.17, 15) is 13.2 Å². The van der Waals surface area contributed by atoms with Gasteiger partial charge in [0.25, 0.3) is 5.91 Å². The van der Waals surface area contributed by atoms with Crippen LogP contribution in [0, 0.1) is 0 Å². The minimum atomic E-state index is -3.55. The third-order valence-electron chi connectivity index (χ3n) is 4.36. The topological polar surface area (TPSA) is 84.5 Å². The lowest BCUT2D eigenvalue weighted by Crippen LogP contribution is -2.26. The second kappa shape index (κ2) is 10.4. The van der Waals surface area contributed by atoms with Gasteiger partial charge in [-0.05, 0) is 62.8 Å². The Morgan fingerprint density at radius 3 is 2.58 bits per heavy atom. The van der Waals surface area contributed by atoms with Crippen LogP contribution in [0.1, 0.15) is 48.9 Å². The van der Waals surface area contributed by atoms with Crippen molar-refractivity contribution < 1.29 is 17.9 Å². The summed E-state index contributed by atoms with van der Waals surface area (Å²) in [6.07, 6.45) is 8.27. The largest absolute Gasteiger partial charge is 0.385 e. The van der Waals surface area contributed by atoms with Crippen LogP contribution in [0.5, 0.6) is 0 Å². The third-order valence-corrected chi connectivity index (χ3v) is 5.84. The van der Waals surface area contributed by atoms with Gasteiger partial charge in [0, 0.05) is 32.4 Å². The first-order chi connectivity index (χ1) is 12.5. The summed E-state index contributed by atoms with van der Waals surface area (Å²) in [7, 11) is -1.94. The predicted molar refractivity (Wildman–Crippen MR) is 102 cm³/mol. The van der Waals surface area contributed by atoms with Crippen LogP contribution in [0.25, 0.3) is 0 Å². The summed E-state index contributed by atoms with van der Waals surface area (Å²) in [5.74, 6) is -0.220. The van der Waals surface area contributed by atoms with E-state index in [1.165, 1.54) is 42.7 Å². The van der Waals surface area contributed by atoms with E-state index in [2.05, 4.69) is 16.1 Å². The first-order valence-corrected chi connectivity index (χ1v) is 10.6. The molecule has 144 valence electrons. The van der Waals surface area contributed by atoms with Gasteiger partial charge in [-0.2, -0.15) is 0 Å². The Labute approximate surface area is 156 Å². The average Bonchev–Trinajstić information content (AvgIpc) is 2.66. The maximum Gasteiger partial charge on any atom is 0.251 e. The Morgan fingerprint density at radius 1 is 1.15 bits per heavy atom. The van der Waals surface area contributed by atoms with Crippen LogP contribution in [-0.4, -0.2) is 41.1 Å². The normalized spacial score (nSPS) is 14.7. The fourth-order valence-electron chi connectivity index (χ4n) is 2.87. The summed E-state index contributed by atoms with van der Waals surface area (Å²) in [4.78, 5) is 12.2. The van der Waals surface area contributed by atoms with Crippen LogP contribution in [-0.2, 0) is 14.8 Å². The van der Waals surface area contributed by atoms with Crippen molar-refractivity contribution in [3.63, 3.8) is 0 Å². The highest BCUT2D eigenvalue weighted by Crippen LogP contribution is 2.19. The summed E-state index contributed by atoms with van der Waals surface area (Å²) in [6, 6.07) is 5.99. The summed E-state index contributed by atoms with van der Waals surface area (Å²) in [5.41, 5.74) is 1.77. The quantitative estimate of drug-likeness (QED) is 0.483. The number of nitrogens with one attached hydrogen (secondary N) is 2. The maximum absolute atomic E-state index is 12.4. The molecule has 0 radical (unpaired) electrons. The fourth-order valence-corrected chi connectivity index (χ4v) is 3.90. The SMILES string of the molecule is COCCCNC(=O)c1ccc(S(=O)(=O)NCCC2=CCCCC2)cc1. The maximum atomic E-state index is 12.4. The van der Waals surface area contributed by atoms with E-state index in [0.29, 0.717) is 25.3 Å². The second-order valence-corrected chi connectivity index (χ2v) is 8.15.